The van der Waals surface area contributed by atoms with Crippen LogP contribution < -0.4 is 19.5 Å². The summed E-state index contributed by atoms with van der Waals surface area (Å²) < 4.78 is 16.7. The highest BCUT2D eigenvalue weighted by atomic mass is 16.5. The number of amides is 1. The largest absolute Gasteiger partial charge is 0.493 e. The highest BCUT2D eigenvalue weighted by molar-refractivity contribution is 6.07. The van der Waals surface area contributed by atoms with Gasteiger partial charge in [-0.05, 0) is 71.3 Å². The Morgan fingerprint density at radius 2 is 1.71 bits per heavy atom. The minimum atomic E-state index is -0.386. The number of nitroso groups, excluding NO2 is 1. The van der Waals surface area contributed by atoms with Crippen molar-refractivity contribution >= 4 is 17.3 Å². The molecular weight excluding hydrogens is 434 g/mol. The molecule has 8 heteroatoms. The van der Waals surface area contributed by atoms with Crippen molar-refractivity contribution in [3.05, 3.63) is 82.3 Å². The normalized spacial score (nSPS) is 13.0. The second-order valence-electron chi connectivity index (χ2n) is 7.94. The number of carbonyl (C=O) groups excluding carboxylic acids is 1. The van der Waals surface area contributed by atoms with E-state index in [1.54, 1.807) is 44.6 Å². The van der Waals surface area contributed by atoms with Crippen LogP contribution in [-0.2, 0) is 13.0 Å². The van der Waals surface area contributed by atoms with Crippen LogP contribution in [0.25, 0.3) is 0 Å². The summed E-state index contributed by atoms with van der Waals surface area (Å²) in [5, 5.41) is 5.68. The second kappa shape index (κ2) is 10.8. The topological polar surface area (TPSA) is 89.5 Å². The summed E-state index contributed by atoms with van der Waals surface area (Å²) >= 11 is 0. The Morgan fingerprint density at radius 3 is 2.41 bits per heavy atom. The summed E-state index contributed by atoms with van der Waals surface area (Å²) in [6.07, 6.45) is 0.951. The van der Waals surface area contributed by atoms with Crippen LogP contribution in [-0.4, -0.2) is 44.7 Å². The lowest BCUT2D eigenvalue weighted by molar-refractivity contribution is 0.102. The van der Waals surface area contributed by atoms with Crippen molar-refractivity contribution in [1.82, 2.24) is 4.90 Å². The van der Waals surface area contributed by atoms with Gasteiger partial charge in [-0.2, -0.15) is 0 Å². The standard InChI is InChI=1S/C26H27N3O5/c1-32-24-15-18-11-12-29(17-19(18)16-25(24)33-2)13-14-34-21-9-7-20(8-10-21)27-26(30)22-5-3-4-6-23(22)28-31/h3-10,15-16H,11-14,17H2,1-2H3,(H,27,30). The van der Waals surface area contributed by atoms with Gasteiger partial charge in [0.25, 0.3) is 5.91 Å². The molecule has 0 aliphatic carbocycles. The molecule has 34 heavy (non-hydrogen) atoms. The predicted octanol–water partition coefficient (Wildman–Crippen LogP) is 4.79. The molecule has 0 radical (unpaired) electrons. The molecule has 1 amide bonds. The number of nitrogens with one attached hydrogen (secondary N) is 1. The molecule has 1 aliphatic rings. The molecule has 3 aromatic rings. The average Bonchev–Trinajstić information content (AvgIpc) is 2.88. The average molecular weight is 462 g/mol. The molecule has 0 unspecified atom stereocenters. The van der Waals surface area contributed by atoms with E-state index in [0.717, 1.165) is 43.3 Å². The van der Waals surface area contributed by atoms with Crippen molar-refractivity contribution in [3.8, 4) is 17.2 Å². The summed E-state index contributed by atoms with van der Waals surface area (Å²) in [7, 11) is 3.30. The molecule has 0 fully saturated rings. The first-order chi connectivity index (χ1) is 16.6. The smallest absolute Gasteiger partial charge is 0.257 e. The fourth-order valence-electron chi connectivity index (χ4n) is 4.00. The maximum absolute atomic E-state index is 12.4. The van der Waals surface area contributed by atoms with Crippen LogP contribution in [0.1, 0.15) is 21.5 Å². The molecule has 8 nitrogen and oxygen atoms in total. The molecule has 0 aromatic heterocycles. The van der Waals surface area contributed by atoms with Crippen LogP contribution in [0.15, 0.2) is 65.8 Å². The van der Waals surface area contributed by atoms with Gasteiger partial charge < -0.3 is 19.5 Å². The minimum absolute atomic E-state index is 0.109. The highest BCUT2D eigenvalue weighted by Gasteiger charge is 2.19. The molecule has 176 valence electrons. The van der Waals surface area contributed by atoms with Crippen molar-refractivity contribution in [2.45, 2.75) is 13.0 Å². The van der Waals surface area contributed by atoms with E-state index >= 15 is 0 Å². The van der Waals surface area contributed by atoms with Gasteiger partial charge in [0.15, 0.2) is 11.5 Å². The lowest BCUT2D eigenvalue weighted by Crippen LogP contribution is -2.33. The number of anilines is 1. The zero-order chi connectivity index (χ0) is 23.9. The van der Waals surface area contributed by atoms with Crippen molar-refractivity contribution in [2.24, 2.45) is 5.18 Å². The van der Waals surface area contributed by atoms with Gasteiger partial charge >= 0.3 is 0 Å². The van der Waals surface area contributed by atoms with E-state index in [1.807, 2.05) is 12.1 Å². The fourth-order valence-corrected chi connectivity index (χ4v) is 4.00. The number of hydrogen-bond donors (Lipinski definition) is 1. The number of benzene rings is 3. The molecule has 0 saturated heterocycles. The van der Waals surface area contributed by atoms with E-state index in [2.05, 4.69) is 27.5 Å². The summed E-state index contributed by atoms with van der Waals surface area (Å²) in [5.74, 6) is 1.85. The third-order valence-corrected chi connectivity index (χ3v) is 5.83. The van der Waals surface area contributed by atoms with Gasteiger partial charge in [-0.15, -0.1) is 4.91 Å². The van der Waals surface area contributed by atoms with Gasteiger partial charge in [-0.3, -0.25) is 9.69 Å². The van der Waals surface area contributed by atoms with Gasteiger partial charge in [0.05, 0.1) is 19.8 Å². The Bertz CT molecular complexity index is 1160. The molecular formula is C26H27N3O5. The maximum Gasteiger partial charge on any atom is 0.257 e. The quantitative estimate of drug-likeness (QED) is 0.461. The Kier molecular flexibility index (Phi) is 7.39. The second-order valence-corrected chi connectivity index (χ2v) is 7.94. The van der Waals surface area contributed by atoms with Crippen molar-refractivity contribution in [2.75, 3.05) is 39.2 Å². The maximum atomic E-state index is 12.4. The first kappa shape index (κ1) is 23.3. The minimum Gasteiger partial charge on any atom is -0.493 e. The van der Waals surface area contributed by atoms with Gasteiger partial charge in [0.2, 0.25) is 0 Å². The number of carbonyl (C=O) groups is 1. The van der Waals surface area contributed by atoms with E-state index in [0.29, 0.717) is 12.3 Å². The number of nitrogens with zero attached hydrogens (tertiary/aromatic N) is 2. The van der Waals surface area contributed by atoms with E-state index in [4.69, 9.17) is 14.2 Å². The van der Waals surface area contributed by atoms with E-state index < -0.39 is 0 Å². The van der Waals surface area contributed by atoms with Gasteiger partial charge in [0, 0.05) is 25.3 Å². The molecule has 4 rings (SSSR count). The first-order valence-electron chi connectivity index (χ1n) is 11.0. The highest BCUT2D eigenvalue weighted by Crippen LogP contribution is 2.33. The Morgan fingerprint density at radius 1 is 1.00 bits per heavy atom. The van der Waals surface area contributed by atoms with E-state index in [-0.39, 0.29) is 17.2 Å². The van der Waals surface area contributed by atoms with Crippen molar-refractivity contribution < 1.29 is 19.0 Å². The Labute approximate surface area is 198 Å². The van der Waals surface area contributed by atoms with Crippen LogP contribution in [0.2, 0.25) is 0 Å². The van der Waals surface area contributed by atoms with Gasteiger partial charge in [-0.25, -0.2) is 0 Å². The van der Waals surface area contributed by atoms with E-state index in [9.17, 15) is 9.70 Å². The van der Waals surface area contributed by atoms with Crippen LogP contribution in [0.4, 0.5) is 11.4 Å². The van der Waals surface area contributed by atoms with Gasteiger partial charge in [-0.1, -0.05) is 12.1 Å². The Hall–Kier alpha value is -3.91. The predicted molar refractivity (Wildman–Crippen MR) is 130 cm³/mol. The summed E-state index contributed by atoms with van der Waals surface area (Å²) in [6.45, 7) is 3.13. The number of rotatable bonds is 9. The number of methoxy groups -OCH3 is 2. The zero-order valence-electron chi connectivity index (χ0n) is 19.2. The van der Waals surface area contributed by atoms with Crippen LogP contribution >= 0.6 is 0 Å². The number of fused-ring (bicyclic) bond motifs is 1. The monoisotopic (exact) mass is 461 g/mol. The molecule has 1 aliphatic heterocycles. The molecule has 0 bridgehead atoms. The molecule has 3 aromatic carbocycles. The molecule has 0 saturated carbocycles. The van der Waals surface area contributed by atoms with Crippen LogP contribution in [0.3, 0.4) is 0 Å². The summed E-state index contributed by atoms with van der Waals surface area (Å²) in [5.41, 5.74) is 3.49. The number of hydrogen-bond acceptors (Lipinski definition) is 7. The molecule has 0 spiro atoms. The molecule has 1 N–H and O–H groups in total. The van der Waals surface area contributed by atoms with Crippen molar-refractivity contribution in [1.29, 1.82) is 0 Å². The zero-order valence-corrected chi connectivity index (χ0v) is 19.2. The summed E-state index contributed by atoms with van der Waals surface area (Å²) in [4.78, 5) is 25.7. The third kappa shape index (κ3) is 5.35. The molecule has 1 heterocycles. The van der Waals surface area contributed by atoms with E-state index in [1.165, 1.54) is 17.2 Å². The lowest BCUT2D eigenvalue weighted by Gasteiger charge is -2.29. The van der Waals surface area contributed by atoms with Crippen LogP contribution in [0, 0.1) is 4.91 Å². The van der Waals surface area contributed by atoms with Crippen molar-refractivity contribution in [3.63, 3.8) is 0 Å². The third-order valence-electron chi connectivity index (χ3n) is 5.83. The Balaban J connectivity index is 1.28. The molecule has 0 atom stereocenters. The van der Waals surface area contributed by atoms with Crippen LogP contribution in [0.5, 0.6) is 17.2 Å². The number of ether oxygens (including phenoxy) is 3. The lowest BCUT2D eigenvalue weighted by atomic mass is 9.99. The first-order valence-corrected chi connectivity index (χ1v) is 11.0. The summed E-state index contributed by atoms with van der Waals surface area (Å²) in [6, 6.07) is 17.7. The SMILES string of the molecule is COc1cc2c(cc1OC)CN(CCOc1ccc(NC(=O)c3ccccc3N=O)cc1)CC2. The van der Waals surface area contributed by atoms with Gasteiger partial charge in [0.1, 0.15) is 18.0 Å². The fraction of sp³-hybridized carbons (Fsp3) is 0.269.